The van der Waals surface area contributed by atoms with Crippen LogP contribution < -0.4 is 0 Å². The molecule has 2 atom stereocenters. The van der Waals surface area contributed by atoms with Crippen LogP contribution in [-0.2, 0) is 4.74 Å². The zero-order valence-electron chi connectivity index (χ0n) is 9.60. The average molecular weight is 200 g/mol. The molecular weight excluding hydrogens is 176 g/mol. The molecule has 0 saturated heterocycles. The molecule has 1 rings (SSSR count). The molecular formula is C11H24OSi. The first-order valence-electron chi connectivity index (χ1n) is 5.65. The van der Waals surface area contributed by atoms with Crippen LogP contribution in [0.15, 0.2) is 0 Å². The van der Waals surface area contributed by atoms with Crippen LogP contribution in [0.2, 0.25) is 25.2 Å². The second-order valence-electron chi connectivity index (χ2n) is 5.31. The third-order valence-corrected chi connectivity index (χ3v) is 6.23. The Kier molecular flexibility index (Phi) is 3.99. The van der Waals surface area contributed by atoms with Gasteiger partial charge in [-0.3, -0.25) is 0 Å². The second-order valence-corrected chi connectivity index (χ2v) is 10.9. The van der Waals surface area contributed by atoms with E-state index in [-0.39, 0.29) is 0 Å². The topological polar surface area (TPSA) is 9.23 Å². The van der Waals surface area contributed by atoms with Crippen molar-refractivity contribution >= 4 is 8.07 Å². The Labute approximate surface area is 83.9 Å². The van der Waals surface area contributed by atoms with Gasteiger partial charge in [0.05, 0.1) is 6.10 Å². The average Bonchev–Trinajstić information content (AvgIpc) is 2.04. The van der Waals surface area contributed by atoms with Gasteiger partial charge in [-0.25, -0.2) is 0 Å². The van der Waals surface area contributed by atoms with E-state index in [2.05, 4.69) is 26.6 Å². The molecule has 78 valence electrons. The molecule has 0 heterocycles. The molecule has 0 aromatic carbocycles. The molecule has 0 N–H and O–H groups in total. The molecule has 0 bridgehead atoms. The van der Waals surface area contributed by atoms with Crippen LogP contribution in [0.25, 0.3) is 0 Å². The lowest BCUT2D eigenvalue weighted by Gasteiger charge is -2.36. The van der Waals surface area contributed by atoms with E-state index in [1.54, 1.807) is 0 Å². The maximum absolute atomic E-state index is 5.73. The van der Waals surface area contributed by atoms with E-state index in [4.69, 9.17) is 4.74 Å². The Morgan fingerprint density at radius 2 is 1.92 bits per heavy atom. The van der Waals surface area contributed by atoms with Gasteiger partial charge in [-0.05, 0) is 25.3 Å². The monoisotopic (exact) mass is 200 g/mol. The molecule has 1 nitrogen and oxygen atoms in total. The zero-order chi connectivity index (χ0) is 9.90. The van der Waals surface area contributed by atoms with Gasteiger partial charge in [-0.2, -0.15) is 0 Å². The van der Waals surface area contributed by atoms with Crippen molar-refractivity contribution < 1.29 is 4.74 Å². The fourth-order valence-corrected chi connectivity index (χ4v) is 4.36. The van der Waals surface area contributed by atoms with Crippen LogP contribution in [0.3, 0.4) is 0 Å². The molecule has 0 aromatic heterocycles. The first-order valence-corrected chi connectivity index (χ1v) is 9.23. The Morgan fingerprint density at radius 1 is 1.23 bits per heavy atom. The van der Waals surface area contributed by atoms with Crippen molar-refractivity contribution in [2.24, 2.45) is 0 Å². The molecule has 0 radical (unpaired) electrons. The van der Waals surface area contributed by atoms with Crippen molar-refractivity contribution in [1.82, 2.24) is 0 Å². The molecule has 13 heavy (non-hydrogen) atoms. The van der Waals surface area contributed by atoms with Crippen molar-refractivity contribution in [2.75, 3.05) is 6.61 Å². The molecule has 0 spiro atoms. The van der Waals surface area contributed by atoms with Gasteiger partial charge in [-0.15, -0.1) is 0 Å². The van der Waals surface area contributed by atoms with Gasteiger partial charge < -0.3 is 4.74 Å². The molecule has 0 unspecified atom stereocenters. The van der Waals surface area contributed by atoms with Crippen molar-refractivity contribution in [3.8, 4) is 0 Å². The van der Waals surface area contributed by atoms with Gasteiger partial charge >= 0.3 is 0 Å². The van der Waals surface area contributed by atoms with Crippen molar-refractivity contribution in [3.05, 3.63) is 0 Å². The molecule has 0 aliphatic heterocycles. The van der Waals surface area contributed by atoms with E-state index in [0.717, 1.165) is 12.1 Å². The first kappa shape index (κ1) is 11.3. The highest BCUT2D eigenvalue weighted by atomic mass is 28.3. The zero-order valence-corrected chi connectivity index (χ0v) is 10.6. The second kappa shape index (κ2) is 4.60. The maximum Gasteiger partial charge on any atom is 0.0575 e. The van der Waals surface area contributed by atoms with Gasteiger partial charge in [-0.1, -0.05) is 32.5 Å². The van der Waals surface area contributed by atoms with Crippen LogP contribution in [0.1, 0.15) is 32.6 Å². The summed E-state index contributed by atoms with van der Waals surface area (Å²) in [6.45, 7) is 10.5. The summed E-state index contributed by atoms with van der Waals surface area (Å²) in [5.41, 5.74) is 0.998. The molecule has 0 amide bonds. The Bertz CT molecular complexity index is 149. The highest BCUT2D eigenvalue weighted by Gasteiger charge is 2.31. The van der Waals surface area contributed by atoms with E-state index in [1.807, 2.05) is 0 Å². The molecule has 0 aromatic rings. The highest BCUT2D eigenvalue weighted by Crippen LogP contribution is 2.37. The van der Waals surface area contributed by atoms with E-state index >= 15 is 0 Å². The van der Waals surface area contributed by atoms with Crippen molar-refractivity contribution in [3.63, 3.8) is 0 Å². The normalized spacial score (nSPS) is 30.5. The van der Waals surface area contributed by atoms with Gasteiger partial charge in [0.15, 0.2) is 0 Å². The predicted molar refractivity (Wildman–Crippen MR) is 61.0 cm³/mol. The van der Waals surface area contributed by atoms with Crippen LogP contribution >= 0.6 is 0 Å². The van der Waals surface area contributed by atoms with Crippen LogP contribution in [-0.4, -0.2) is 20.8 Å². The molecule has 1 fully saturated rings. The molecule has 1 aliphatic carbocycles. The summed E-state index contributed by atoms with van der Waals surface area (Å²) in [6.07, 6.45) is 6.06. The van der Waals surface area contributed by atoms with Crippen molar-refractivity contribution in [1.29, 1.82) is 0 Å². The highest BCUT2D eigenvalue weighted by molar-refractivity contribution is 6.77. The van der Waals surface area contributed by atoms with Crippen molar-refractivity contribution in [2.45, 2.75) is 63.9 Å². The van der Waals surface area contributed by atoms with E-state index in [0.29, 0.717) is 6.10 Å². The van der Waals surface area contributed by atoms with Crippen LogP contribution in [0.4, 0.5) is 0 Å². The fourth-order valence-electron chi connectivity index (χ4n) is 2.32. The van der Waals surface area contributed by atoms with E-state index in [1.165, 1.54) is 25.7 Å². The predicted octanol–water partition coefficient (Wildman–Crippen LogP) is 3.67. The summed E-state index contributed by atoms with van der Waals surface area (Å²) >= 11 is 0. The quantitative estimate of drug-likeness (QED) is 0.632. The Hall–Kier alpha value is 0.177. The molecule has 1 saturated carbocycles. The third-order valence-electron chi connectivity index (χ3n) is 3.25. The third kappa shape index (κ3) is 3.43. The Balaban J connectivity index is 2.42. The smallest absolute Gasteiger partial charge is 0.0575 e. The summed E-state index contributed by atoms with van der Waals surface area (Å²) < 4.78 is 5.73. The number of rotatable bonds is 3. The van der Waals surface area contributed by atoms with Gasteiger partial charge in [0.25, 0.3) is 0 Å². The van der Waals surface area contributed by atoms with E-state index in [9.17, 15) is 0 Å². The van der Waals surface area contributed by atoms with Gasteiger partial charge in [0.2, 0.25) is 0 Å². The van der Waals surface area contributed by atoms with Crippen LogP contribution in [0.5, 0.6) is 0 Å². The van der Waals surface area contributed by atoms with Crippen LogP contribution in [0, 0.1) is 0 Å². The summed E-state index contributed by atoms with van der Waals surface area (Å²) in [5, 5.41) is 0. The van der Waals surface area contributed by atoms with E-state index < -0.39 is 8.07 Å². The minimum atomic E-state index is -0.907. The summed E-state index contributed by atoms with van der Waals surface area (Å²) in [7, 11) is -0.907. The summed E-state index contributed by atoms with van der Waals surface area (Å²) in [6, 6.07) is 0. The minimum Gasteiger partial charge on any atom is -0.379 e. The molecule has 2 heteroatoms. The lowest BCUT2D eigenvalue weighted by molar-refractivity contribution is 0.0362. The summed E-state index contributed by atoms with van der Waals surface area (Å²) in [4.78, 5) is 0. The lowest BCUT2D eigenvalue weighted by Crippen LogP contribution is -2.34. The SMILES string of the molecule is CCO[C@@H]1CCC[C@@H]([Si](C)(C)C)C1. The lowest BCUT2D eigenvalue weighted by atomic mass is 9.97. The maximum atomic E-state index is 5.73. The van der Waals surface area contributed by atoms with Gasteiger partial charge in [0, 0.05) is 14.7 Å². The minimum absolute atomic E-state index is 0.579. The number of ether oxygens (including phenoxy) is 1. The Morgan fingerprint density at radius 3 is 2.46 bits per heavy atom. The largest absolute Gasteiger partial charge is 0.379 e. The number of hydrogen-bond acceptors (Lipinski definition) is 1. The first-order chi connectivity index (χ1) is 6.04. The fraction of sp³-hybridized carbons (Fsp3) is 1.00. The summed E-state index contributed by atoms with van der Waals surface area (Å²) in [5.74, 6) is 0. The standard InChI is InChI=1S/C11H24OSi/c1-5-12-10-7-6-8-11(9-10)13(2,3)4/h10-11H,5-9H2,1-4H3/t10-,11-/m1/s1. The number of hydrogen-bond donors (Lipinski definition) is 0. The molecule has 1 aliphatic rings. The van der Waals surface area contributed by atoms with Gasteiger partial charge in [0.1, 0.15) is 0 Å².